The first-order valence-electron chi connectivity index (χ1n) is 9.11. The van der Waals surface area contributed by atoms with E-state index in [2.05, 4.69) is 26.2 Å². The maximum absolute atomic E-state index is 11.0. The van der Waals surface area contributed by atoms with Crippen LogP contribution in [0.3, 0.4) is 0 Å². The molecular formula is C21H21N3O3S. The molecule has 0 saturated carbocycles. The van der Waals surface area contributed by atoms with E-state index in [-0.39, 0.29) is 5.75 Å². The number of benzene rings is 1. The van der Waals surface area contributed by atoms with Crippen LogP contribution in [0, 0.1) is 0 Å². The number of aromatic nitrogens is 1. The molecule has 0 bridgehead atoms. The number of carboxylic acids is 1. The lowest BCUT2D eigenvalue weighted by Gasteiger charge is -2.36. The van der Waals surface area contributed by atoms with Gasteiger partial charge < -0.3 is 15.1 Å². The van der Waals surface area contributed by atoms with E-state index in [1.807, 2.05) is 12.1 Å². The van der Waals surface area contributed by atoms with Gasteiger partial charge in [-0.2, -0.15) is 0 Å². The molecule has 0 spiro atoms. The van der Waals surface area contributed by atoms with Crippen LogP contribution in [0.25, 0.3) is 11.1 Å². The Labute approximate surface area is 167 Å². The minimum absolute atomic E-state index is 0.178. The third-order valence-electron chi connectivity index (χ3n) is 4.94. The molecule has 0 radical (unpaired) electrons. The van der Waals surface area contributed by atoms with E-state index in [9.17, 15) is 9.90 Å². The quantitative estimate of drug-likeness (QED) is 0.688. The van der Waals surface area contributed by atoms with Gasteiger partial charge >= 0.3 is 5.97 Å². The van der Waals surface area contributed by atoms with Crippen LogP contribution < -0.4 is 4.90 Å². The molecule has 0 unspecified atom stereocenters. The Bertz CT molecular complexity index is 963. The Morgan fingerprint density at radius 1 is 1.04 bits per heavy atom. The van der Waals surface area contributed by atoms with Gasteiger partial charge in [0.15, 0.2) is 0 Å². The summed E-state index contributed by atoms with van der Waals surface area (Å²) >= 11 is 1.73. The van der Waals surface area contributed by atoms with Gasteiger partial charge in [0.2, 0.25) is 0 Å². The number of carboxylic acid groups (broad SMARTS) is 1. The Morgan fingerprint density at radius 3 is 2.46 bits per heavy atom. The molecular weight excluding hydrogens is 374 g/mol. The fourth-order valence-electron chi connectivity index (χ4n) is 3.40. The van der Waals surface area contributed by atoms with Crippen molar-refractivity contribution in [2.75, 3.05) is 31.1 Å². The molecule has 2 aromatic heterocycles. The number of hydrogen-bond donors (Lipinski definition) is 2. The zero-order chi connectivity index (χ0) is 19.5. The first kappa shape index (κ1) is 18.5. The van der Waals surface area contributed by atoms with Gasteiger partial charge in [0.25, 0.3) is 0 Å². The molecule has 0 aliphatic carbocycles. The van der Waals surface area contributed by atoms with Crippen LogP contribution in [0.15, 0.2) is 54.2 Å². The van der Waals surface area contributed by atoms with Gasteiger partial charge in [-0.1, -0.05) is 0 Å². The lowest BCUT2D eigenvalue weighted by Crippen LogP contribution is -2.45. The largest absolute Gasteiger partial charge is 0.506 e. The summed E-state index contributed by atoms with van der Waals surface area (Å²) < 4.78 is 0. The predicted molar refractivity (Wildman–Crippen MR) is 110 cm³/mol. The summed E-state index contributed by atoms with van der Waals surface area (Å²) in [6.45, 7) is 4.66. The minimum Gasteiger partial charge on any atom is -0.506 e. The van der Waals surface area contributed by atoms with Gasteiger partial charge in [0.1, 0.15) is 5.75 Å². The number of thiophene rings is 1. The Hall–Kier alpha value is -2.90. The van der Waals surface area contributed by atoms with E-state index in [4.69, 9.17) is 5.11 Å². The van der Waals surface area contributed by atoms with E-state index in [0.717, 1.165) is 49.5 Å². The van der Waals surface area contributed by atoms with Crippen molar-refractivity contribution in [3.8, 4) is 16.9 Å². The van der Waals surface area contributed by atoms with E-state index in [1.165, 1.54) is 11.1 Å². The van der Waals surface area contributed by atoms with Crippen molar-refractivity contribution < 1.29 is 15.0 Å². The predicted octanol–water partition coefficient (Wildman–Crippen LogP) is 3.54. The molecule has 0 amide bonds. The topological polar surface area (TPSA) is 76.9 Å². The number of carbonyl (C=O) groups is 1. The Balaban J connectivity index is 1.34. The van der Waals surface area contributed by atoms with Crippen LogP contribution in [0.1, 0.15) is 15.2 Å². The van der Waals surface area contributed by atoms with Gasteiger partial charge in [-0.3, -0.25) is 9.88 Å². The maximum atomic E-state index is 11.0. The number of aromatic hydroxyl groups is 1. The second kappa shape index (κ2) is 8.00. The molecule has 1 saturated heterocycles. The number of rotatable bonds is 5. The molecule has 1 aliphatic heterocycles. The van der Waals surface area contributed by atoms with Crippen molar-refractivity contribution in [2.45, 2.75) is 6.54 Å². The molecule has 6 nitrogen and oxygen atoms in total. The van der Waals surface area contributed by atoms with E-state index in [1.54, 1.807) is 35.7 Å². The molecule has 2 N–H and O–H groups in total. The van der Waals surface area contributed by atoms with Crippen molar-refractivity contribution in [3.05, 3.63) is 64.6 Å². The number of aromatic carboxylic acids is 1. The highest BCUT2D eigenvalue weighted by Gasteiger charge is 2.18. The van der Waals surface area contributed by atoms with Crippen molar-refractivity contribution >= 4 is 23.0 Å². The first-order valence-corrected chi connectivity index (χ1v) is 9.99. The van der Waals surface area contributed by atoms with Gasteiger partial charge in [-0.25, -0.2) is 4.79 Å². The van der Waals surface area contributed by atoms with Crippen molar-refractivity contribution in [1.29, 1.82) is 0 Å². The van der Waals surface area contributed by atoms with Crippen LogP contribution in [0.2, 0.25) is 0 Å². The number of pyridine rings is 1. The Morgan fingerprint density at radius 2 is 1.79 bits per heavy atom. The van der Waals surface area contributed by atoms with Crippen molar-refractivity contribution in [3.63, 3.8) is 0 Å². The molecule has 1 fully saturated rings. The van der Waals surface area contributed by atoms with E-state index in [0.29, 0.717) is 5.56 Å². The molecule has 1 aliphatic rings. The summed E-state index contributed by atoms with van der Waals surface area (Å²) in [5, 5.41) is 20.7. The van der Waals surface area contributed by atoms with Crippen LogP contribution in [0.5, 0.6) is 5.75 Å². The molecule has 7 heteroatoms. The number of piperazine rings is 1. The summed E-state index contributed by atoms with van der Waals surface area (Å²) in [6.07, 6.45) is 3.20. The SMILES string of the molecule is O=C(O)c1ccc(N2CCN(Cc3cc(-c4cncc(O)c4)cs3)CC2)cc1. The van der Waals surface area contributed by atoms with Crippen molar-refractivity contribution in [1.82, 2.24) is 9.88 Å². The normalized spacial score (nSPS) is 14.9. The fraction of sp³-hybridized carbons (Fsp3) is 0.238. The highest BCUT2D eigenvalue weighted by Crippen LogP contribution is 2.28. The summed E-state index contributed by atoms with van der Waals surface area (Å²) in [5.41, 5.74) is 3.40. The van der Waals surface area contributed by atoms with Crippen LogP contribution in [-0.2, 0) is 6.54 Å². The number of hydrogen-bond acceptors (Lipinski definition) is 6. The highest BCUT2D eigenvalue weighted by molar-refractivity contribution is 7.10. The second-order valence-electron chi connectivity index (χ2n) is 6.85. The lowest BCUT2D eigenvalue weighted by atomic mass is 10.1. The standard InChI is InChI=1S/C21H21N3O3S/c25-19-9-16(11-22-12-19)17-10-20(28-14-17)13-23-5-7-24(8-6-23)18-3-1-15(2-4-18)21(26)27/h1-4,9-12,14,25H,5-8,13H2,(H,26,27). The van der Waals surface area contributed by atoms with Gasteiger partial charge in [-0.05, 0) is 47.3 Å². The van der Waals surface area contributed by atoms with Crippen LogP contribution in [-0.4, -0.2) is 52.2 Å². The Kier molecular flexibility index (Phi) is 5.27. The molecule has 28 heavy (non-hydrogen) atoms. The molecule has 1 aromatic carbocycles. The average Bonchev–Trinajstić information content (AvgIpc) is 3.17. The third kappa shape index (κ3) is 4.16. The molecule has 4 rings (SSSR count). The zero-order valence-electron chi connectivity index (χ0n) is 15.3. The molecule has 3 heterocycles. The van der Waals surface area contributed by atoms with Gasteiger partial charge in [0.05, 0.1) is 11.8 Å². The summed E-state index contributed by atoms with van der Waals surface area (Å²) in [7, 11) is 0. The maximum Gasteiger partial charge on any atom is 0.335 e. The zero-order valence-corrected chi connectivity index (χ0v) is 16.1. The fourth-order valence-corrected chi connectivity index (χ4v) is 4.33. The summed E-state index contributed by atoms with van der Waals surface area (Å²) in [5.74, 6) is -0.717. The monoisotopic (exact) mass is 395 g/mol. The molecule has 144 valence electrons. The summed E-state index contributed by atoms with van der Waals surface area (Å²) in [4.78, 5) is 21.0. The van der Waals surface area contributed by atoms with Crippen LogP contribution >= 0.6 is 11.3 Å². The molecule has 0 atom stereocenters. The lowest BCUT2D eigenvalue weighted by molar-refractivity contribution is 0.0697. The molecule has 3 aromatic rings. The van der Waals surface area contributed by atoms with Crippen molar-refractivity contribution in [2.24, 2.45) is 0 Å². The van der Waals surface area contributed by atoms with Gasteiger partial charge in [-0.15, -0.1) is 11.3 Å². The van der Waals surface area contributed by atoms with E-state index < -0.39 is 5.97 Å². The number of nitrogens with zero attached hydrogens (tertiary/aromatic N) is 3. The van der Waals surface area contributed by atoms with E-state index >= 15 is 0 Å². The second-order valence-corrected chi connectivity index (χ2v) is 7.84. The first-order chi connectivity index (χ1) is 13.6. The average molecular weight is 395 g/mol. The smallest absolute Gasteiger partial charge is 0.335 e. The number of anilines is 1. The third-order valence-corrected chi connectivity index (χ3v) is 5.86. The highest BCUT2D eigenvalue weighted by atomic mass is 32.1. The summed E-state index contributed by atoms with van der Waals surface area (Å²) in [6, 6.07) is 11.0. The minimum atomic E-state index is -0.895. The van der Waals surface area contributed by atoms with Gasteiger partial charge in [0, 0.05) is 55.0 Å². The van der Waals surface area contributed by atoms with Crippen LogP contribution in [0.4, 0.5) is 5.69 Å².